The Morgan fingerprint density at radius 2 is 1.72 bits per heavy atom. The lowest BCUT2D eigenvalue weighted by atomic mass is 9.94. The fourth-order valence-electron chi connectivity index (χ4n) is 4.34. The molecule has 0 aliphatic carbocycles. The normalized spacial score (nSPS) is 11.6. The number of hydrogen-bond donors (Lipinski definition) is 3. The molecule has 0 saturated heterocycles. The smallest absolute Gasteiger partial charge is 0.328 e. The highest BCUT2D eigenvalue weighted by atomic mass is 32.2. The van der Waals surface area contributed by atoms with E-state index in [2.05, 4.69) is 41.0 Å². The number of nitrogens with one attached hydrogen (secondary N) is 3. The van der Waals surface area contributed by atoms with Crippen molar-refractivity contribution < 1.29 is 13.2 Å². The standard InChI is InChI=1S/C27H31N5O3S/c1-6-23-30-25-18(4)24(19(5)29-26(25)31-23)21-10-9-20(17(3)15-21)13-14-28-27(33)32-36(34,35)22-11-7-16(2)8-12-22/h7-12,15H,6,13-14H2,1-5H3,(H2,28,32,33)(H,29,30,31). The Morgan fingerprint density at radius 3 is 2.39 bits per heavy atom. The average molecular weight is 506 g/mol. The summed E-state index contributed by atoms with van der Waals surface area (Å²) in [5.74, 6) is 0.923. The Bertz CT molecular complexity index is 1540. The summed E-state index contributed by atoms with van der Waals surface area (Å²) < 4.78 is 26.8. The van der Waals surface area contributed by atoms with Crippen molar-refractivity contribution in [3.8, 4) is 11.1 Å². The van der Waals surface area contributed by atoms with Gasteiger partial charge in [-0.05, 0) is 68.5 Å². The second kappa shape index (κ2) is 10.1. The molecule has 36 heavy (non-hydrogen) atoms. The van der Waals surface area contributed by atoms with E-state index in [1.807, 2.05) is 26.8 Å². The van der Waals surface area contributed by atoms with Crippen molar-refractivity contribution in [1.82, 2.24) is 25.0 Å². The molecule has 0 unspecified atom stereocenters. The number of imidazole rings is 1. The molecule has 8 nitrogen and oxygen atoms in total. The predicted molar refractivity (Wildman–Crippen MR) is 142 cm³/mol. The van der Waals surface area contributed by atoms with E-state index >= 15 is 0 Å². The van der Waals surface area contributed by atoms with Gasteiger partial charge in [0.15, 0.2) is 5.65 Å². The molecule has 0 bridgehead atoms. The third-order valence-corrected chi connectivity index (χ3v) is 7.66. The van der Waals surface area contributed by atoms with Crippen molar-refractivity contribution in [2.75, 3.05) is 6.54 Å². The molecule has 3 N–H and O–H groups in total. The molecule has 2 aromatic heterocycles. The van der Waals surface area contributed by atoms with Crippen molar-refractivity contribution in [3.05, 3.63) is 76.2 Å². The van der Waals surface area contributed by atoms with E-state index in [1.165, 1.54) is 12.1 Å². The number of carbonyl (C=O) groups excluding carboxylic acids is 1. The molecule has 188 valence electrons. The molecule has 2 aromatic carbocycles. The van der Waals surface area contributed by atoms with Crippen LogP contribution < -0.4 is 10.0 Å². The lowest BCUT2D eigenvalue weighted by molar-refractivity contribution is 0.246. The van der Waals surface area contributed by atoms with Gasteiger partial charge in [-0.15, -0.1) is 0 Å². The van der Waals surface area contributed by atoms with Crippen LogP contribution in [0.2, 0.25) is 0 Å². The Hall–Kier alpha value is -3.72. The van der Waals surface area contributed by atoms with Gasteiger partial charge in [0.05, 0.1) is 4.90 Å². The van der Waals surface area contributed by atoms with Gasteiger partial charge in [0, 0.05) is 24.2 Å². The summed E-state index contributed by atoms with van der Waals surface area (Å²) in [4.78, 5) is 25.0. The zero-order valence-electron chi connectivity index (χ0n) is 21.2. The summed E-state index contributed by atoms with van der Waals surface area (Å²) in [6.45, 7) is 10.3. The number of aromatic amines is 1. The number of amides is 2. The molecule has 0 radical (unpaired) electrons. The summed E-state index contributed by atoms with van der Waals surface area (Å²) in [6, 6.07) is 11.8. The van der Waals surface area contributed by atoms with Gasteiger partial charge < -0.3 is 10.3 Å². The van der Waals surface area contributed by atoms with Gasteiger partial charge in [0.25, 0.3) is 10.0 Å². The number of pyridine rings is 1. The maximum absolute atomic E-state index is 12.4. The largest absolute Gasteiger partial charge is 0.337 e. The minimum absolute atomic E-state index is 0.0497. The maximum atomic E-state index is 12.4. The fourth-order valence-corrected chi connectivity index (χ4v) is 5.27. The quantitative estimate of drug-likeness (QED) is 0.338. The first-order valence-electron chi connectivity index (χ1n) is 11.9. The predicted octanol–water partition coefficient (Wildman–Crippen LogP) is 4.65. The van der Waals surface area contributed by atoms with Gasteiger partial charge in [-0.3, -0.25) is 0 Å². The monoisotopic (exact) mass is 505 g/mol. The molecule has 0 spiro atoms. The minimum atomic E-state index is -3.92. The molecule has 2 heterocycles. The highest BCUT2D eigenvalue weighted by Gasteiger charge is 2.18. The van der Waals surface area contributed by atoms with Gasteiger partial charge in [-0.25, -0.2) is 27.9 Å². The van der Waals surface area contributed by atoms with Gasteiger partial charge in [0.1, 0.15) is 11.3 Å². The zero-order chi connectivity index (χ0) is 26.0. The number of aromatic nitrogens is 3. The van der Waals surface area contributed by atoms with Crippen LogP contribution >= 0.6 is 0 Å². The summed E-state index contributed by atoms with van der Waals surface area (Å²) in [6.07, 6.45) is 1.39. The first kappa shape index (κ1) is 25.4. The van der Waals surface area contributed by atoms with Crippen molar-refractivity contribution >= 4 is 27.2 Å². The van der Waals surface area contributed by atoms with Gasteiger partial charge in [0.2, 0.25) is 0 Å². The number of sulfonamides is 1. The lowest BCUT2D eigenvalue weighted by Gasteiger charge is -2.14. The third kappa shape index (κ3) is 5.26. The number of H-pyrrole nitrogens is 1. The maximum Gasteiger partial charge on any atom is 0.328 e. The van der Waals surface area contributed by atoms with Crippen molar-refractivity contribution in [1.29, 1.82) is 0 Å². The molecule has 0 aliphatic rings. The van der Waals surface area contributed by atoms with E-state index in [0.29, 0.717) is 13.0 Å². The van der Waals surface area contributed by atoms with E-state index in [9.17, 15) is 13.2 Å². The number of urea groups is 1. The SMILES string of the molecule is CCc1nc2c(C)c(-c3ccc(CCNC(=O)NS(=O)(=O)c4ccc(C)cc4)c(C)c3)c(C)nc2[nH]1. The number of aryl methyl sites for hydroxylation is 5. The first-order valence-corrected chi connectivity index (χ1v) is 13.4. The van der Waals surface area contributed by atoms with Crippen molar-refractivity contribution in [3.63, 3.8) is 0 Å². The van der Waals surface area contributed by atoms with E-state index in [-0.39, 0.29) is 4.90 Å². The minimum Gasteiger partial charge on any atom is -0.337 e. The van der Waals surface area contributed by atoms with Crippen LogP contribution in [0.15, 0.2) is 47.4 Å². The number of hydrogen-bond acceptors (Lipinski definition) is 5. The number of nitrogens with zero attached hydrogens (tertiary/aromatic N) is 2. The molecular formula is C27H31N5O3S. The lowest BCUT2D eigenvalue weighted by Crippen LogP contribution is -2.40. The summed E-state index contributed by atoms with van der Waals surface area (Å²) in [5.41, 5.74) is 8.96. The molecule has 4 aromatic rings. The third-order valence-electron chi connectivity index (χ3n) is 6.31. The Balaban J connectivity index is 1.43. The van der Waals surface area contributed by atoms with E-state index in [1.54, 1.807) is 12.1 Å². The Kier molecular flexibility index (Phi) is 7.12. The second-order valence-corrected chi connectivity index (χ2v) is 10.7. The zero-order valence-corrected chi connectivity index (χ0v) is 22.0. The molecular weight excluding hydrogens is 474 g/mol. The molecule has 9 heteroatoms. The van der Waals surface area contributed by atoms with Crippen LogP contribution in [-0.4, -0.2) is 35.9 Å². The van der Waals surface area contributed by atoms with E-state index in [4.69, 9.17) is 9.97 Å². The topological polar surface area (TPSA) is 117 Å². The molecule has 0 fully saturated rings. The number of benzene rings is 2. The van der Waals surface area contributed by atoms with E-state index in [0.717, 1.165) is 62.5 Å². The number of fused-ring (bicyclic) bond motifs is 1. The van der Waals surface area contributed by atoms with Crippen LogP contribution in [0.25, 0.3) is 22.3 Å². The van der Waals surface area contributed by atoms with Crippen LogP contribution in [-0.2, 0) is 22.9 Å². The van der Waals surface area contributed by atoms with Gasteiger partial charge in [-0.2, -0.15) is 0 Å². The van der Waals surface area contributed by atoms with Crippen molar-refractivity contribution in [2.24, 2.45) is 0 Å². The summed E-state index contributed by atoms with van der Waals surface area (Å²) in [7, 11) is -3.92. The molecule has 4 rings (SSSR count). The van der Waals surface area contributed by atoms with Crippen LogP contribution in [0, 0.1) is 27.7 Å². The highest BCUT2D eigenvalue weighted by Crippen LogP contribution is 2.31. The second-order valence-electron chi connectivity index (χ2n) is 9.00. The fraction of sp³-hybridized carbons (Fsp3) is 0.296. The molecule has 0 saturated carbocycles. The van der Waals surface area contributed by atoms with Crippen LogP contribution in [0.5, 0.6) is 0 Å². The van der Waals surface area contributed by atoms with Crippen molar-refractivity contribution in [2.45, 2.75) is 52.4 Å². The summed E-state index contributed by atoms with van der Waals surface area (Å²) >= 11 is 0. The Morgan fingerprint density at radius 1 is 1.00 bits per heavy atom. The molecule has 0 atom stereocenters. The molecule has 2 amide bonds. The van der Waals surface area contributed by atoms with Gasteiger partial charge >= 0.3 is 6.03 Å². The van der Waals surface area contributed by atoms with Crippen LogP contribution in [0.4, 0.5) is 4.79 Å². The van der Waals surface area contributed by atoms with Crippen LogP contribution in [0.1, 0.15) is 40.7 Å². The number of carbonyl (C=O) groups is 1. The van der Waals surface area contributed by atoms with Crippen LogP contribution in [0.3, 0.4) is 0 Å². The highest BCUT2D eigenvalue weighted by molar-refractivity contribution is 7.90. The number of rotatable bonds is 7. The summed E-state index contributed by atoms with van der Waals surface area (Å²) in [5, 5.41) is 2.64. The van der Waals surface area contributed by atoms with Gasteiger partial charge in [-0.1, -0.05) is 42.8 Å². The van der Waals surface area contributed by atoms with E-state index < -0.39 is 16.1 Å². The molecule has 0 aliphatic heterocycles. The Labute approximate surface area is 211 Å². The first-order chi connectivity index (χ1) is 17.1. The average Bonchev–Trinajstić information content (AvgIpc) is 3.24.